The van der Waals surface area contributed by atoms with Gasteiger partial charge in [0.2, 0.25) is 0 Å². The molecule has 0 aliphatic carbocycles. The summed E-state index contributed by atoms with van der Waals surface area (Å²) < 4.78 is 5.61. The molecule has 0 unspecified atom stereocenters. The molecule has 19 heavy (non-hydrogen) atoms. The zero-order valence-electron chi connectivity index (χ0n) is 10.7. The van der Waals surface area contributed by atoms with Crippen LogP contribution in [0.2, 0.25) is 5.02 Å². The smallest absolute Gasteiger partial charge is 0.196 e. The number of hydrogen-bond acceptors (Lipinski definition) is 2. The normalized spacial score (nSPS) is 10.2. The molecule has 0 heterocycles. The van der Waals surface area contributed by atoms with Crippen molar-refractivity contribution in [2.45, 2.75) is 13.3 Å². The molecule has 98 valence electrons. The predicted molar refractivity (Wildman–Crippen MR) is 77.1 cm³/mol. The molecule has 0 aromatic heterocycles. The highest BCUT2D eigenvalue weighted by atomic mass is 35.5. The molecular formula is C16H15ClO2. The fourth-order valence-electron chi connectivity index (χ4n) is 1.78. The summed E-state index contributed by atoms with van der Waals surface area (Å²) in [6.07, 6.45) is 0.902. The Labute approximate surface area is 118 Å². The Morgan fingerprint density at radius 3 is 2.68 bits per heavy atom. The minimum absolute atomic E-state index is 0.0748. The van der Waals surface area contributed by atoms with Crippen LogP contribution in [0.25, 0.3) is 0 Å². The predicted octanol–water partition coefficient (Wildman–Crippen LogP) is 4.36. The van der Waals surface area contributed by atoms with Crippen molar-refractivity contribution in [2.24, 2.45) is 0 Å². The highest BCUT2D eigenvalue weighted by Crippen LogP contribution is 2.23. The SMILES string of the molecule is CCCOc1ccccc1C(=O)c1cccc(Cl)c1. The lowest BCUT2D eigenvalue weighted by atomic mass is 10.0. The lowest BCUT2D eigenvalue weighted by Crippen LogP contribution is -2.06. The number of carbonyl (C=O) groups is 1. The van der Waals surface area contributed by atoms with E-state index in [9.17, 15) is 4.79 Å². The quantitative estimate of drug-likeness (QED) is 0.757. The molecule has 0 bridgehead atoms. The number of ether oxygens (including phenoxy) is 1. The Morgan fingerprint density at radius 2 is 1.95 bits per heavy atom. The van der Waals surface area contributed by atoms with E-state index in [1.165, 1.54) is 0 Å². The van der Waals surface area contributed by atoms with Gasteiger partial charge in [-0.1, -0.05) is 42.8 Å². The molecule has 2 aromatic rings. The number of ketones is 1. The monoisotopic (exact) mass is 274 g/mol. The lowest BCUT2D eigenvalue weighted by Gasteiger charge is -2.10. The van der Waals surface area contributed by atoms with Crippen molar-refractivity contribution < 1.29 is 9.53 Å². The van der Waals surface area contributed by atoms with Gasteiger partial charge in [0.15, 0.2) is 5.78 Å². The largest absolute Gasteiger partial charge is 0.493 e. The molecule has 0 aliphatic rings. The highest BCUT2D eigenvalue weighted by molar-refractivity contribution is 6.31. The maximum Gasteiger partial charge on any atom is 0.196 e. The van der Waals surface area contributed by atoms with Crippen LogP contribution in [-0.2, 0) is 0 Å². The summed E-state index contributed by atoms with van der Waals surface area (Å²) in [4.78, 5) is 12.4. The van der Waals surface area contributed by atoms with Gasteiger partial charge in [-0.15, -0.1) is 0 Å². The Morgan fingerprint density at radius 1 is 1.16 bits per heavy atom. The second kappa shape index (κ2) is 6.39. The zero-order chi connectivity index (χ0) is 13.7. The van der Waals surface area contributed by atoms with Gasteiger partial charge >= 0.3 is 0 Å². The van der Waals surface area contributed by atoms with Gasteiger partial charge < -0.3 is 4.74 Å². The molecule has 0 saturated carbocycles. The van der Waals surface area contributed by atoms with Gasteiger partial charge in [-0.3, -0.25) is 4.79 Å². The van der Waals surface area contributed by atoms with Crippen LogP contribution in [0.15, 0.2) is 48.5 Å². The van der Waals surface area contributed by atoms with E-state index in [0.29, 0.717) is 28.5 Å². The summed E-state index contributed by atoms with van der Waals surface area (Å²) in [7, 11) is 0. The van der Waals surface area contributed by atoms with Crippen LogP contribution in [0.1, 0.15) is 29.3 Å². The molecule has 3 heteroatoms. The zero-order valence-corrected chi connectivity index (χ0v) is 11.5. The van der Waals surface area contributed by atoms with Crippen LogP contribution in [0.3, 0.4) is 0 Å². The minimum Gasteiger partial charge on any atom is -0.493 e. The molecule has 2 aromatic carbocycles. The second-order valence-electron chi connectivity index (χ2n) is 4.18. The van der Waals surface area contributed by atoms with Crippen molar-refractivity contribution >= 4 is 17.4 Å². The van der Waals surface area contributed by atoms with Crippen molar-refractivity contribution in [3.63, 3.8) is 0 Å². The summed E-state index contributed by atoms with van der Waals surface area (Å²) in [6, 6.07) is 14.2. The number of rotatable bonds is 5. The molecule has 0 spiro atoms. The molecule has 0 saturated heterocycles. The van der Waals surface area contributed by atoms with Crippen molar-refractivity contribution in [1.82, 2.24) is 0 Å². The van der Waals surface area contributed by atoms with E-state index >= 15 is 0 Å². The first-order valence-corrected chi connectivity index (χ1v) is 6.62. The lowest BCUT2D eigenvalue weighted by molar-refractivity contribution is 0.103. The van der Waals surface area contributed by atoms with Gasteiger partial charge in [-0.25, -0.2) is 0 Å². The van der Waals surface area contributed by atoms with E-state index in [0.717, 1.165) is 6.42 Å². The molecule has 2 nitrogen and oxygen atoms in total. The first-order valence-electron chi connectivity index (χ1n) is 6.24. The van der Waals surface area contributed by atoms with Crippen LogP contribution in [0.4, 0.5) is 0 Å². The molecule has 0 atom stereocenters. The molecule has 0 aliphatic heterocycles. The topological polar surface area (TPSA) is 26.3 Å². The van der Waals surface area contributed by atoms with E-state index in [1.54, 1.807) is 30.3 Å². The van der Waals surface area contributed by atoms with Crippen LogP contribution < -0.4 is 4.74 Å². The van der Waals surface area contributed by atoms with Crippen LogP contribution in [0.5, 0.6) is 5.75 Å². The fourth-order valence-corrected chi connectivity index (χ4v) is 1.97. The first kappa shape index (κ1) is 13.6. The number of para-hydroxylation sites is 1. The summed E-state index contributed by atoms with van der Waals surface area (Å²) >= 11 is 5.92. The Hall–Kier alpha value is -1.80. The van der Waals surface area contributed by atoms with Crippen LogP contribution in [-0.4, -0.2) is 12.4 Å². The third kappa shape index (κ3) is 3.36. The Bertz CT molecular complexity index is 578. The van der Waals surface area contributed by atoms with E-state index in [-0.39, 0.29) is 5.78 Å². The molecule has 0 N–H and O–H groups in total. The number of hydrogen-bond donors (Lipinski definition) is 0. The standard InChI is InChI=1S/C16H15ClO2/c1-2-10-19-15-9-4-3-8-14(15)16(18)12-6-5-7-13(17)11-12/h3-9,11H,2,10H2,1H3. The fraction of sp³-hybridized carbons (Fsp3) is 0.188. The first-order chi connectivity index (χ1) is 9.22. The summed E-state index contributed by atoms with van der Waals surface area (Å²) in [5.74, 6) is 0.545. The van der Waals surface area contributed by atoms with Crippen LogP contribution in [0, 0.1) is 0 Å². The summed E-state index contributed by atoms with van der Waals surface area (Å²) in [5, 5.41) is 0.554. The third-order valence-electron chi connectivity index (χ3n) is 2.68. The van der Waals surface area contributed by atoms with Crippen molar-refractivity contribution in [3.8, 4) is 5.75 Å². The summed E-state index contributed by atoms with van der Waals surface area (Å²) in [6.45, 7) is 2.63. The average Bonchev–Trinajstić information content (AvgIpc) is 2.44. The van der Waals surface area contributed by atoms with E-state index in [2.05, 4.69) is 0 Å². The number of halogens is 1. The summed E-state index contributed by atoms with van der Waals surface area (Å²) in [5.41, 5.74) is 1.14. The van der Waals surface area contributed by atoms with Gasteiger partial charge in [0, 0.05) is 10.6 Å². The minimum atomic E-state index is -0.0748. The number of carbonyl (C=O) groups excluding carboxylic acids is 1. The van der Waals surface area contributed by atoms with Crippen molar-refractivity contribution in [3.05, 3.63) is 64.7 Å². The third-order valence-corrected chi connectivity index (χ3v) is 2.92. The van der Waals surface area contributed by atoms with Gasteiger partial charge in [0.25, 0.3) is 0 Å². The molecule has 0 amide bonds. The van der Waals surface area contributed by atoms with Gasteiger partial charge in [0.05, 0.1) is 12.2 Å². The second-order valence-corrected chi connectivity index (χ2v) is 4.62. The molecule has 0 radical (unpaired) electrons. The molecular weight excluding hydrogens is 260 g/mol. The average molecular weight is 275 g/mol. The van der Waals surface area contributed by atoms with E-state index in [1.807, 2.05) is 25.1 Å². The van der Waals surface area contributed by atoms with Gasteiger partial charge in [-0.05, 0) is 30.7 Å². The number of benzene rings is 2. The molecule has 0 fully saturated rings. The van der Waals surface area contributed by atoms with Crippen molar-refractivity contribution in [1.29, 1.82) is 0 Å². The van der Waals surface area contributed by atoms with E-state index < -0.39 is 0 Å². The van der Waals surface area contributed by atoms with Gasteiger partial charge in [0.1, 0.15) is 5.75 Å². The molecule has 2 rings (SSSR count). The maximum atomic E-state index is 12.4. The maximum absolute atomic E-state index is 12.4. The van der Waals surface area contributed by atoms with Gasteiger partial charge in [-0.2, -0.15) is 0 Å². The highest BCUT2D eigenvalue weighted by Gasteiger charge is 2.14. The van der Waals surface area contributed by atoms with Crippen molar-refractivity contribution in [2.75, 3.05) is 6.61 Å². The van der Waals surface area contributed by atoms with E-state index in [4.69, 9.17) is 16.3 Å². The van der Waals surface area contributed by atoms with Crippen LogP contribution >= 0.6 is 11.6 Å². The Balaban J connectivity index is 2.33. The Kier molecular flexibility index (Phi) is 4.58.